The molecule has 4 N–H and O–H groups in total. The number of fused-ring (bicyclic) bond motifs is 1. The summed E-state index contributed by atoms with van der Waals surface area (Å²) in [4.78, 5) is 15.3. The van der Waals surface area contributed by atoms with Crippen molar-refractivity contribution in [3.63, 3.8) is 0 Å². The van der Waals surface area contributed by atoms with Gasteiger partial charge in [-0.15, -0.1) is 0 Å². The van der Waals surface area contributed by atoms with E-state index < -0.39 is 18.2 Å². The highest BCUT2D eigenvalue weighted by Gasteiger charge is 2.28. The van der Waals surface area contributed by atoms with Crippen LogP contribution in [0.25, 0.3) is 10.2 Å². The summed E-state index contributed by atoms with van der Waals surface area (Å²) in [6.07, 6.45) is -3.05. The molecule has 0 spiro atoms. The number of thiazole rings is 1. The van der Waals surface area contributed by atoms with E-state index >= 15 is 0 Å². The minimum absolute atomic E-state index is 0.346. The largest absolute Gasteiger partial charge is 0.467 e. The van der Waals surface area contributed by atoms with Gasteiger partial charge in [0.1, 0.15) is 6.10 Å². The second-order valence-electron chi connectivity index (χ2n) is 3.66. The number of rotatable bonds is 3. The van der Waals surface area contributed by atoms with Crippen molar-refractivity contribution in [3.8, 4) is 0 Å². The Bertz CT molecular complexity index is 583. The van der Waals surface area contributed by atoms with Crippen molar-refractivity contribution in [3.05, 3.63) is 23.8 Å². The maximum atomic E-state index is 11.2. The molecule has 2 aromatic rings. The lowest BCUT2D eigenvalue weighted by Gasteiger charge is -2.16. The summed E-state index contributed by atoms with van der Waals surface area (Å²) in [5.74, 6) is -0.900. The number of nitrogens with two attached hydrogens (primary N) is 1. The molecule has 1 aromatic carbocycles. The lowest BCUT2D eigenvalue weighted by Crippen LogP contribution is -2.29. The predicted octanol–water partition coefficient (Wildman–Crippen LogP) is 0.446. The second kappa shape index (κ2) is 4.89. The zero-order valence-corrected chi connectivity index (χ0v) is 10.3. The molecule has 0 aliphatic carbocycles. The standard InChI is InChI=1S/C11H12N2O4S/c1-17-10(16)9(15)8(14)5-3-2-4-6-7(5)13-11(12)18-6/h2-4,8-9,14-15H,1H3,(H2,12,13). The first kappa shape index (κ1) is 12.7. The van der Waals surface area contributed by atoms with Gasteiger partial charge in [0, 0.05) is 5.56 Å². The first-order valence-electron chi connectivity index (χ1n) is 5.13. The number of hydrogen-bond donors (Lipinski definition) is 3. The van der Waals surface area contributed by atoms with Gasteiger partial charge in [-0.2, -0.15) is 0 Å². The molecule has 2 rings (SSSR count). The molecule has 1 heterocycles. The number of nitrogens with zero attached hydrogens (tertiary/aromatic N) is 1. The fourth-order valence-corrected chi connectivity index (χ4v) is 2.41. The Morgan fingerprint density at radius 2 is 2.22 bits per heavy atom. The average molecular weight is 268 g/mol. The van der Waals surface area contributed by atoms with Crippen molar-refractivity contribution >= 4 is 32.7 Å². The van der Waals surface area contributed by atoms with Crippen LogP contribution in [0.1, 0.15) is 11.7 Å². The zero-order valence-electron chi connectivity index (χ0n) is 9.53. The minimum Gasteiger partial charge on any atom is -0.467 e. The van der Waals surface area contributed by atoms with E-state index in [0.717, 1.165) is 11.8 Å². The third-order valence-electron chi connectivity index (χ3n) is 2.53. The van der Waals surface area contributed by atoms with E-state index in [2.05, 4.69) is 9.72 Å². The molecule has 96 valence electrons. The first-order valence-corrected chi connectivity index (χ1v) is 5.95. The second-order valence-corrected chi connectivity index (χ2v) is 4.72. The summed E-state index contributed by atoms with van der Waals surface area (Å²) < 4.78 is 5.16. The highest BCUT2D eigenvalue weighted by atomic mass is 32.1. The van der Waals surface area contributed by atoms with Crippen molar-refractivity contribution < 1.29 is 19.7 Å². The molecular formula is C11H12N2O4S. The Hall–Kier alpha value is -1.70. The van der Waals surface area contributed by atoms with Gasteiger partial charge >= 0.3 is 5.97 Å². The number of aromatic nitrogens is 1. The van der Waals surface area contributed by atoms with Gasteiger partial charge in [0.25, 0.3) is 0 Å². The molecule has 0 saturated heterocycles. The van der Waals surface area contributed by atoms with Gasteiger partial charge < -0.3 is 20.7 Å². The number of methoxy groups -OCH3 is 1. The number of aliphatic hydroxyl groups is 2. The molecule has 2 unspecified atom stereocenters. The summed E-state index contributed by atoms with van der Waals surface area (Å²) in [5.41, 5.74) is 6.42. The van der Waals surface area contributed by atoms with Crippen LogP contribution >= 0.6 is 11.3 Å². The Balaban J connectivity index is 2.44. The van der Waals surface area contributed by atoms with Gasteiger partial charge in [0.2, 0.25) is 0 Å². The summed E-state index contributed by atoms with van der Waals surface area (Å²) in [5, 5.41) is 20.0. The molecule has 6 nitrogen and oxygen atoms in total. The number of benzene rings is 1. The number of carbonyl (C=O) groups excluding carboxylic acids is 1. The van der Waals surface area contributed by atoms with Gasteiger partial charge in [-0.05, 0) is 6.07 Å². The van der Waals surface area contributed by atoms with E-state index in [0.29, 0.717) is 16.2 Å². The van der Waals surface area contributed by atoms with Crippen LogP contribution in [0.3, 0.4) is 0 Å². The number of hydrogen-bond acceptors (Lipinski definition) is 7. The third kappa shape index (κ3) is 2.15. The third-order valence-corrected chi connectivity index (χ3v) is 3.38. The number of carbonyl (C=O) groups is 1. The Kier molecular flexibility index (Phi) is 3.46. The SMILES string of the molecule is COC(=O)C(O)C(O)c1cccc2sc(N)nc12. The van der Waals surface area contributed by atoms with E-state index in [-0.39, 0.29) is 0 Å². The highest BCUT2D eigenvalue weighted by molar-refractivity contribution is 7.22. The number of nitrogen functional groups attached to an aromatic ring is 1. The van der Waals surface area contributed by atoms with Crippen LogP contribution in [0.15, 0.2) is 18.2 Å². The summed E-state index contributed by atoms with van der Waals surface area (Å²) >= 11 is 1.27. The minimum atomic E-state index is -1.65. The molecule has 18 heavy (non-hydrogen) atoms. The molecule has 0 amide bonds. The van der Waals surface area contributed by atoms with Crippen LogP contribution in [0, 0.1) is 0 Å². The van der Waals surface area contributed by atoms with Gasteiger partial charge in [-0.1, -0.05) is 23.5 Å². The van der Waals surface area contributed by atoms with Crippen LogP contribution in [0.4, 0.5) is 5.13 Å². The lowest BCUT2D eigenvalue weighted by molar-refractivity contribution is -0.156. The molecule has 2 atom stereocenters. The van der Waals surface area contributed by atoms with E-state index in [9.17, 15) is 15.0 Å². The molecule has 0 aliphatic rings. The van der Waals surface area contributed by atoms with Crippen LogP contribution in [0.2, 0.25) is 0 Å². The van der Waals surface area contributed by atoms with Crippen molar-refractivity contribution in [1.29, 1.82) is 0 Å². The fourth-order valence-electron chi connectivity index (χ4n) is 1.65. The summed E-state index contributed by atoms with van der Waals surface area (Å²) in [6, 6.07) is 5.07. The van der Waals surface area contributed by atoms with Gasteiger partial charge in [-0.3, -0.25) is 0 Å². The summed E-state index contributed by atoms with van der Waals surface area (Å²) in [6.45, 7) is 0. The predicted molar refractivity (Wildman–Crippen MR) is 67.0 cm³/mol. The van der Waals surface area contributed by atoms with Crippen molar-refractivity contribution in [2.75, 3.05) is 12.8 Å². The Labute approximate surface area is 107 Å². The van der Waals surface area contributed by atoms with Crippen molar-refractivity contribution in [2.24, 2.45) is 0 Å². The smallest absolute Gasteiger partial charge is 0.337 e. The summed E-state index contributed by atoms with van der Waals surface area (Å²) in [7, 11) is 1.14. The molecule has 0 saturated carbocycles. The zero-order chi connectivity index (χ0) is 13.3. The Morgan fingerprint density at radius 1 is 1.50 bits per heavy atom. The van der Waals surface area contributed by atoms with Crippen LogP contribution in [0.5, 0.6) is 0 Å². The van der Waals surface area contributed by atoms with E-state index in [4.69, 9.17) is 5.73 Å². The Morgan fingerprint density at radius 3 is 2.89 bits per heavy atom. The van der Waals surface area contributed by atoms with Gasteiger partial charge in [0.15, 0.2) is 11.2 Å². The highest BCUT2D eigenvalue weighted by Crippen LogP contribution is 2.30. The van der Waals surface area contributed by atoms with E-state index in [1.165, 1.54) is 11.3 Å². The molecule has 7 heteroatoms. The molecule has 0 aliphatic heterocycles. The average Bonchev–Trinajstić information content (AvgIpc) is 2.75. The first-order chi connectivity index (χ1) is 8.54. The lowest BCUT2D eigenvalue weighted by atomic mass is 10.0. The maximum absolute atomic E-state index is 11.2. The number of anilines is 1. The molecule has 0 fully saturated rings. The normalized spacial score (nSPS) is 14.4. The van der Waals surface area contributed by atoms with E-state index in [1.54, 1.807) is 18.2 Å². The number of aliphatic hydroxyl groups excluding tert-OH is 2. The van der Waals surface area contributed by atoms with Gasteiger partial charge in [0.05, 0.1) is 17.3 Å². The van der Waals surface area contributed by atoms with Crippen LogP contribution < -0.4 is 5.73 Å². The number of esters is 1. The quantitative estimate of drug-likeness (QED) is 0.698. The number of para-hydroxylation sites is 1. The van der Waals surface area contributed by atoms with Crippen LogP contribution in [-0.4, -0.2) is 34.4 Å². The van der Waals surface area contributed by atoms with E-state index in [1.807, 2.05) is 0 Å². The fraction of sp³-hybridized carbons (Fsp3) is 0.273. The molecule has 0 bridgehead atoms. The van der Waals surface area contributed by atoms with Crippen LogP contribution in [-0.2, 0) is 9.53 Å². The van der Waals surface area contributed by atoms with Crippen molar-refractivity contribution in [1.82, 2.24) is 4.98 Å². The topological polar surface area (TPSA) is 106 Å². The molecule has 1 aromatic heterocycles. The maximum Gasteiger partial charge on any atom is 0.337 e. The number of ether oxygens (including phenoxy) is 1. The molecule has 0 radical (unpaired) electrons. The van der Waals surface area contributed by atoms with Gasteiger partial charge in [-0.25, -0.2) is 9.78 Å². The monoisotopic (exact) mass is 268 g/mol. The molecular weight excluding hydrogens is 256 g/mol. The van der Waals surface area contributed by atoms with Crippen molar-refractivity contribution in [2.45, 2.75) is 12.2 Å².